The number of carbonyl (C=O) groups excluding carboxylic acids is 6. The summed E-state index contributed by atoms with van der Waals surface area (Å²) in [5.74, 6) is -7.83. The number of methoxy groups -OCH3 is 1. The lowest BCUT2D eigenvalue weighted by Gasteiger charge is -2.54. The number of alkyl carbamates (subject to hydrolysis) is 2. The van der Waals surface area contributed by atoms with Crippen molar-refractivity contribution in [2.45, 2.75) is 120 Å². The topological polar surface area (TPSA) is 359 Å². The van der Waals surface area contributed by atoms with Crippen molar-refractivity contribution in [1.82, 2.24) is 31.9 Å². The number of carboxylic acids is 1. The van der Waals surface area contributed by atoms with E-state index in [1.165, 1.54) is 55.0 Å². The van der Waals surface area contributed by atoms with Crippen LogP contribution in [0.15, 0.2) is 103 Å². The molecule has 5 amide bonds. The van der Waals surface area contributed by atoms with Crippen molar-refractivity contribution in [2.75, 3.05) is 7.11 Å². The van der Waals surface area contributed by atoms with Crippen LogP contribution in [0.25, 0.3) is 11.1 Å². The highest BCUT2D eigenvalue weighted by Gasteiger charge is 2.48. The number of hydrogen-bond acceptors (Lipinski definition) is 18. The number of aliphatic hydroxyl groups is 1. The lowest BCUT2D eigenvalue weighted by atomic mass is 9.54. The first-order valence-electron chi connectivity index (χ1n) is 30.1. The number of aliphatic hydroxyl groups excluding tert-OH is 1. The Labute approximate surface area is 542 Å². The molecule has 7 aliphatic rings. The number of aromatic hydroxyl groups is 4. The lowest BCUT2D eigenvalue weighted by Crippen LogP contribution is -2.55. The van der Waals surface area contributed by atoms with Crippen molar-refractivity contribution >= 4 is 65.0 Å². The number of carbonyl (C=O) groups is 7. The van der Waals surface area contributed by atoms with Crippen molar-refractivity contribution < 1.29 is 87.9 Å². The summed E-state index contributed by atoms with van der Waals surface area (Å²) in [6.07, 6.45) is 0.910. The molecule has 3 heterocycles. The van der Waals surface area contributed by atoms with Gasteiger partial charge in [-0.2, -0.15) is 0 Å². The van der Waals surface area contributed by atoms with E-state index in [9.17, 15) is 49.8 Å². The summed E-state index contributed by atoms with van der Waals surface area (Å²) in [6.45, 7) is 4.47. The van der Waals surface area contributed by atoms with Gasteiger partial charge in [0, 0.05) is 35.7 Å². The van der Waals surface area contributed by atoms with Crippen LogP contribution in [0.1, 0.15) is 116 Å². The summed E-state index contributed by atoms with van der Waals surface area (Å²) >= 11 is 13.7. The normalized spacial score (nSPS) is 23.3. The fourth-order valence-corrected chi connectivity index (χ4v) is 13.9. The Bertz CT molecular complexity index is 3930. The zero-order valence-electron chi connectivity index (χ0n) is 50.7. The number of carboxylic acid groups (broad SMARTS) is 1. The molecule has 0 unspecified atom stereocenters. The zero-order valence-corrected chi connectivity index (χ0v) is 52.2. The van der Waals surface area contributed by atoms with Crippen LogP contribution in [0.4, 0.5) is 9.59 Å². The Morgan fingerprint density at radius 1 is 0.699 bits per heavy atom. The standard InChI is InChI=1S/C67H68Cl2N6O18/c1-67(2,3)93-66(88)75-54-38-25-49(91-47-14-10-31(21-42(47)68)22-44(63(84)85)71-65(87)90-29-30-8-6-5-7-9-30)59(80)50(26-38)92-48-15-12-35(24-43(48)69)57(78)56-62(83)73-55(64(86)89-4)40-27-46(77)41(28-70-52-36-17-32-16-33(19-36)20-37(52)18-32)58(79)51(40)39-23-34(11-13-45(39)76)53(60(81)74-56)72-61(54)82/h5-15,21,23-27,32-33,36-37,44,52-57,70,76-80H,16-20,22,28-29H2,1-4H3,(H,71,87)(H,72,82)(H,73,83)(H,74,81)(H,75,88)(H,84,85)/t32?,33?,36?,37?,44-,52?,53-,54-,55+,56+,57-/m1/s1. The van der Waals surface area contributed by atoms with Crippen molar-refractivity contribution in [1.29, 1.82) is 0 Å². The Balaban J connectivity index is 1.00. The van der Waals surface area contributed by atoms with Gasteiger partial charge in [0.25, 0.3) is 0 Å². The molecule has 3 aliphatic heterocycles. The molecule has 12 N–H and O–H groups in total. The lowest BCUT2D eigenvalue weighted by molar-refractivity contribution is -0.146. The van der Waals surface area contributed by atoms with E-state index in [0.717, 1.165) is 57.1 Å². The van der Waals surface area contributed by atoms with Gasteiger partial charge in [-0.1, -0.05) is 71.7 Å². The van der Waals surface area contributed by atoms with E-state index in [-0.39, 0.29) is 86.1 Å². The third-order valence-corrected chi connectivity index (χ3v) is 18.1. The van der Waals surface area contributed by atoms with Gasteiger partial charge in [-0.05, 0) is 159 Å². The number of fused-ring (bicyclic) bond motifs is 8. The first-order valence-corrected chi connectivity index (χ1v) is 30.9. The summed E-state index contributed by atoms with van der Waals surface area (Å²) in [7, 11) is 1.02. The fourth-order valence-electron chi connectivity index (χ4n) is 13.4. The maximum Gasteiger partial charge on any atom is 0.408 e. The molecule has 4 fully saturated rings. The van der Waals surface area contributed by atoms with Crippen LogP contribution in [0.2, 0.25) is 10.0 Å². The zero-order chi connectivity index (χ0) is 66.3. The number of hydrogen-bond donors (Lipinski definition) is 12. The minimum absolute atomic E-state index is 0.0275. The molecule has 6 aromatic rings. The molecule has 24 nitrogen and oxygen atoms in total. The van der Waals surface area contributed by atoms with Gasteiger partial charge in [0.1, 0.15) is 71.2 Å². The van der Waals surface area contributed by atoms with E-state index in [4.69, 9.17) is 46.9 Å². The number of phenols is 4. The number of ether oxygens (including phenoxy) is 5. The number of benzene rings is 6. The molecule has 0 aromatic heterocycles. The van der Waals surface area contributed by atoms with Crippen LogP contribution in [-0.2, 0) is 57.8 Å². The Morgan fingerprint density at radius 3 is 2.08 bits per heavy atom. The average Bonchev–Trinajstić information content (AvgIpc) is 1.00. The second-order valence-corrected chi connectivity index (χ2v) is 25.9. The molecule has 6 atom stereocenters. The summed E-state index contributed by atoms with van der Waals surface area (Å²) in [5, 5.41) is 86.6. The van der Waals surface area contributed by atoms with E-state index in [0.29, 0.717) is 34.8 Å². The quantitative estimate of drug-likeness (QED) is 0.0378. The number of halogens is 2. The van der Waals surface area contributed by atoms with E-state index in [2.05, 4.69) is 31.9 Å². The van der Waals surface area contributed by atoms with E-state index >= 15 is 14.4 Å². The second-order valence-electron chi connectivity index (χ2n) is 25.0. The predicted molar refractivity (Wildman–Crippen MR) is 333 cm³/mol. The van der Waals surface area contributed by atoms with Gasteiger partial charge in [-0.3, -0.25) is 14.4 Å². The van der Waals surface area contributed by atoms with Gasteiger partial charge in [-0.25, -0.2) is 19.2 Å². The van der Waals surface area contributed by atoms with Crippen molar-refractivity contribution in [3.8, 4) is 57.1 Å². The Kier molecular flexibility index (Phi) is 18.6. The number of esters is 1. The molecule has 4 aliphatic carbocycles. The van der Waals surface area contributed by atoms with Crippen LogP contribution >= 0.6 is 23.2 Å². The second kappa shape index (κ2) is 26.6. The molecular weight excluding hydrogens is 1250 g/mol. The molecule has 0 spiro atoms. The Hall–Kier alpha value is -9.49. The molecule has 488 valence electrons. The number of nitrogens with one attached hydrogen (secondary N) is 6. The van der Waals surface area contributed by atoms with Gasteiger partial charge in [0.05, 0.1) is 22.7 Å². The predicted octanol–water partition coefficient (Wildman–Crippen LogP) is 9.20. The third-order valence-electron chi connectivity index (χ3n) is 17.6. The number of phenolic OH excluding ortho intramolecular Hbond substituents is 4. The minimum Gasteiger partial charge on any atom is -0.507 e. The first-order chi connectivity index (χ1) is 44.3. The van der Waals surface area contributed by atoms with E-state index in [1.54, 1.807) is 51.1 Å². The summed E-state index contributed by atoms with van der Waals surface area (Å²) in [5.41, 5.74) is -1.57. The first kappa shape index (κ1) is 65.0. The average molecular weight is 1320 g/mol. The van der Waals surface area contributed by atoms with Crippen molar-refractivity contribution in [3.05, 3.63) is 152 Å². The molecule has 93 heavy (non-hydrogen) atoms. The largest absolute Gasteiger partial charge is 0.507 e. The summed E-state index contributed by atoms with van der Waals surface area (Å²) < 4.78 is 28.5. The molecule has 0 radical (unpaired) electrons. The molecular formula is C67H68Cl2N6O18. The fraction of sp³-hybridized carbons (Fsp3) is 0.358. The molecule has 13 rings (SSSR count). The number of aliphatic carboxylic acids is 1. The molecule has 6 aromatic carbocycles. The van der Waals surface area contributed by atoms with Gasteiger partial charge >= 0.3 is 24.1 Å². The van der Waals surface area contributed by atoms with Gasteiger partial charge in [-0.15, -0.1) is 0 Å². The highest BCUT2D eigenvalue weighted by Crippen LogP contribution is 2.55. The van der Waals surface area contributed by atoms with Crippen LogP contribution in [-0.4, -0.2) is 103 Å². The van der Waals surface area contributed by atoms with Crippen LogP contribution in [0.3, 0.4) is 0 Å². The number of amides is 5. The highest BCUT2D eigenvalue weighted by atomic mass is 35.5. The Morgan fingerprint density at radius 2 is 1.41 bits per heavy atom. The van der Waals surface area contributed by atoms with E-state index < -0.39 is 118 Å². The van der Waals surface area contributed by atoms with Gasteiger partial charge in [0.2, 0.25) is 23.5 Å². The highest BCUT2D eigenvalue weighted by molar-refractivity contribution is 6.32. The van der Waals surface area contributed by atoms with Crippen LogP contribution in [0.5, 0.6) is 46.0 Å². The van der Waals surface area contributed by atoms with Crippen molar-refractivity contribution in [2.24, 2.45) is 23.7 Å². The molecule has 0 saturated heterocycles. The van der Waals surface area contributed by atoms with Gasteiger partial charge in [0.15, 0.2) is 17.5 Å². The smallest absolute Gasteiger partial charge is 0.408 e. The maximum absolute atomic E-state index is 15.5. The monoisotopic (exact) mass is 1310 g/mol. The molecule has 26 heteroatoms. The van der Waals surface area contributed by atoms with Crippen LogP contribution < -0.4 is 41.4 Å². The number of rotatable bonds is 13. The maximum atomic E-state index is 15.5. The summed E-state index contributed by atoms with van der Waals surface area (Å²) in [4.78, 5) is 98.9. The minimum atomic E-state index is -2.08. The van der Waals surface area contributed by atoms with Crippen molar-refractivity contribution in [3.63, 3.8) is 0 Å². The van der Waals surface area contributed by atoms with Crippen LogP contribution in [0, 0.1) is 23.7 Å². The third kappa shape index (κ3) is 14.1. The molecule has 4 saturated carbocycles. The van der Waals surface area contributed by atoms with Gasteiger partial charge < -0.3 is 86.2 Å². The van der Waals surface area contributed by atoms with E-state index in [1.807, 2.05) is 0 Å². The molecule has 12 bridgehead atoms. The summed E-state index contributed by atoms with van der Waals surface area (Å²) in [6, 6.07) is 14.2. The SMILES string of the molecule is COC(=O)[C@H]1NC(=O)[C@H]2NC(=O)[C@H](NC(=O)[C@H](NC(=O)OC(C)(C)C)c3cc(Oc4ccc(C[C@@H](NC(=O)OCc5ccccc5)C(=O)O)cc4Cl)c(O)c(c3)Oc3ccc(cc3Cl)[C@H]2O)c2ccc(O)c(c2)-c2c1cc(O)c(CNC1C3CC4CC(C3)CC1C4)c2O.